The molecule has 0 saturated heterocycles. The van der Waals surface area contributed by atoms with Crippen molar-refractivity contribution >= 4 is 43.7 Å². The molecular formula is C14H11Br2NO2. The van der Waals surface area contributed by atoms with E-state index in [9.17, 15) is 9.90 Å². The van der Waals surface area contributed by atoms with E-state index in [1.165, 1.54) is 18.2 Å². The number of aromatic hydroxyl groups is 1. The maximum Gasteiger partial charge on any atom is 0.186 e. The quantitative estimate of drug-likeness (QED) is 0.637. The molecule has 98 valence electrons. The smallest absolute Gasteiger partial charge is 0.186 e. The van der Waals surface area contributed by atoms with Crippen molar-refractivity contribution in [3.63, 3.8) is 0 Å². The monoisotopic (exact) mass is 383 g/mol. The molecule has 3 nitrogen and oxygen atoms in total. The molecule has 2 aromatic rings. The van der Waals surface area contributed by atoms with Gasteiger partial charge in [0.2, 0.25) is 0 Å². The van der Waals surface area contributed by atoms with Gasteiger partial charge in [0.25, 0.3) is 0 Å². The van der Waals surface area contributed by atoms with Gasteiger partial charge in [-0.3, -0.25) is 4.79 Å². The van der Waals surface area contributed by atoms with Gasteiger partial charge < -0.3 is 9.67 Å². The van der Waals surface area contributed by atoms with E-state index in [0.29, 0.717) is 5.56 Å². The lowest BCUT2D eigenvalue weighted by Crippen LogP contribution is -1.95. The van der Waals surface area contributed by atoms with Gasteiger partial charge in [0.1, 0.15) is 5.75 Å². The number of halogens is 2. The SMILES string of the molecule is Cn1c(/C=C/C(=O)c2cccc(O)c2)cc(Br)c1Br. The topological polar surface area (TPSA) is 42.2 Å². The highest BCUT2D eigenvalue weighted by molar-refractivity contribution is 9.13. The number of carbonyl (C=O) groups is 1. The minimum Gasteiger partial charge on any atom is -0.508 e. The molecule has 2 rings (SSSR count). The molecule has 0 radical (unpaired) electrons. The number of benzene rings is 1. The van der Waals surface area contributed by atoms with Gasteiger partial charge in [0, 0.05) is 18.3 Å². The molecular weight excluding hydrogens is 374 g/mol. The van der Waals surface area contributed by atoms with Crippen LogP contribution in [0.4, 0.5) is 0 Å². The number of hydrogen-bond donors (Lipinski definition) is 1. The maximum absolute atomic E-state index is 11.9. The summed E-state index contributed by atoms with van der Waals surface area (Å²) < 4.78 is 3.76. The molecule has 1 N–H and O–H groups in total. The zero-order valence-electron chi connectivity index (χ0n) is 10.1. The number of hydrogen-bond acceptors (Lipinski definition) is 2. The lowest BCUT2D eigenvalue weighted by Gasteiger charge is -1.99. The first-order valence-corrected chi connectivity index (χ1v) is 7.10. The molecule has 0 spiro atoms. The molecule has 0 bridgehead atoms. The fourth-order valence-corrected chi connectivity index (χ4v) is 2.46. The van der Waals surface area contributed by atoms with Crippen molar-refractivity contribution in [2.24, 2.45) is 7.05 Å². The largest absolute Gasteiger partial charge is 0.508 e. The van der Waals surface area contributed by atoms with Crippen LogP contribution in [0.5, 0.6) is 5.75 Å². The normalized spacial score (nSPS) is 11.1. The molecule has 1 aromatic heterocycles. The Morgan fingerprint density at radius 3 is 2.63 bits per heavy atom. The van der Waals surface area contributed by atoms with E-state index in [2.05, 4.69) is 31.9 Å². The van der Waals surface area contributed by atoms with E-state index in [4.69, 9.17) is 0 Å². The van der Waals surface area contributed by atoms with Gasteiger partial charge in [-0.2, -0.15) is 0 Å². The summed E-state index contributed by atoms with van der Waals surface area (Å²) in [5.41, 5.74) is 1.36. The Morgan fingerprint density at radius 2 is 2.05 bits per heavy atom. The first-order valence-electron chi connectivity index (χ1n) is 5.51. The van der Waals surface area contributed by atoms with Crippen LogP contribution in [0.2, 0.25) is 0 Å². The fourth-order valence-electron chi connectivity index (χ4n) is 1.64. The van der Waals surface area contributed by atoms with Crippen LogP contribution in [0.3, 0.4) is 0 Å². The van der Waals surface area contributed by atoms with Gasteiger partial charge in [-0.1, -0.05) is 12.1 Å². The molecule has 0 saturated carbocycles. The van der Waals surface area contributed by atoms with Crippen LogP contribution in [-0.2, 0) is 7.05 Å². The van der Waals surface area contributed by atoms with E-state index in [0.717, 1.165) is 14.8 Å². The number of ketones is 1. The number of rotatable bonds is 3. The zero-order chi connectivity index (χ0) is 14.0. The van der Waals surface area contributed by atoms with Gasteiger partial charge in [0.05, 0.1) is 9.08 Å². The number of phenols is 1. The third-order valence-corrected chi connectivity index (χ3v) is 4.79. The first kappa shape index (κ1) is 14.1. The predicted octanol–water partition coefficient (Wildman–Crippen LogP) is 4.15. The highest BCUT2D eigenvalue weighted by atomic mass is 79.9. The fraction of sp³-hybridized carbons (Fsp3) is 0.0714. The molecule has 5 heteroatoms. The average Bonchev–Trinajstić information content (AvgIpc) is 2.63. The number of aromatic nitrogens is 1. The molecule has 0 unspecified atom stereocenters. The summed E-state index contributed by atoms with van der Waals surface area (Å²) in [7, 11) is 1.90. The Morgan fingerprint density at radius 1 is 1.32 bits per heavy atom. The summed E-state index contributed by atoms with van der Waals surface area (Å²) in [5, 5.41) is 9.34. The van der Waals surface area contributed by atoms with Gasteiger partial charge in [-0.15, -0.1) is 0 Å². The number of phenolic OH excluding ortho intramolecular Hbond substituents is 1. The Labute approximate surface area is 127 Å². The Balaban J connectivity index is 2.23. The van der Waals surface area contributed by atoms with Crippen molar-refractivity contribution in [3.8, 4) is 5.75 Å². The number of carbonyl (C=O) groups excluding carboxylic acids is 1. The summed E-state index contributed by atoms with van der Waals surface area (Å²) in [6, 6.07) is 8.21. The molecule has 1 heterocycles. The lowest BCUT2D eigenvalue weighted by molar-refractivity contribution is 0.104. The van der Waals surface area contributed by atoms with E-state index in [-0.39, 0.29) is 11.5 Å². The molecule has 0 aliphatic heterocycles. The van der Waals surface area contributed by atoms with Crippen molar-refractivity contribution in [1.82, 2.24) is 4.57 Å². The Bertz CT molecular complexity index is 659. The van der Waals surface area contributed by atoms with Crippen LogP contribution < -0.4 is 0 Å². The minimum absolute atomic E-state index is 0.0867. The summed E-state index contributed by atoms with van der Waals surface area (Å²) >= 11 is 6.83. The molecule has 0 aliphatic carbocycles. The van der Waals surface area contributed by atoms with E-state index in [1.54, 1.807) is 18.2 Å². The Kier molecular flexibility index (Phi) is 4.27. The molecule has 19 heavy (non-hydrogen) atoms. The van der Waals surface area contributed by atoms with Crippen LogP contribution >= 0.6 is 31.9 Å². The minimum atomic E-state index is -0.149. The Hall–Kier alpha value is -1.33. The van der Waals surface area contributed by atoms with Crippen LogP contribution in [-0.4, -0.2) is 15.5 Å². The maximum atomic E-state index is 11.9. The van der Waals surface area contributed by atoms with Crippen molar-refractivity contribution in [2.45, 2.75) is 0 Å². The predicted molar refractivity (Wildman–Crippen MR) is 82.3 cm³/mol. The van der Waals surface area contributed by atoms with E-state index >= 15 is 0 Å². The van der Waals surface area contributed by atoms with Gasteiger partial charge >= 0.3 is 0 Å². The third-order valence-electron chi connectivity index (χ3n) is 2.69. The van der Waals surface area contributed by atoms with Crippen LogP contribution in [0.15, 0.2) is 45.5 Å². The zero-order valence-corrected chi connectivity index (χ0v) is 13.3. The second-order valence-electron chi connectivity index (χ2n) is 4.01. The van der Waals surface area contributed by atoms with Crippen LogP contribution in [0.25, 0.3) is 6.08 Å². The average molecular weight is 385 g/mol. The van der Waals surface area contributed by atoms with E-state index in [1.807, 2.05) is 17.7 Å². The highest BCUT2D eigenvalue weighted by Gasteiger charge is 2.07. The molecule has 0 amide bonds. The van der Waals surface area contributed by atoms with Gasteiger partial charge in [0.15, 0.2) is 5.78 Å². The molecule has 0 aliphatic rings. The van der Waals surface area contributed by atoms with Crippen molar-refractivity contribution in [3.05, 3.63) is 56.7 Å². The molecule has 1 aromatic carbocycles. The summed E-state index contributed by atoms with van der Waals surface area (Å²) in [5.74, 6) is -0.0621. The van der Waals surface area contributed by atoms with Crippen molar-refractivity contribution in [1.29, 1.82) is 0 Å². The van der Waals surface area contributed by atoms with E-state index < -0.39 is 0 Å². The summed E-state index contributed by atoms with van der Waals surface area (Å²) in [6.07, 6.45) is 3.23. The number of allylic oxidation sites excluding steroid dienone is 1. The number of nitrogens with zero attached hydrogens (tertiary/aromatic N) is 1. The summed E-state index contributed by atoms with van der Waals surface area (Å²) in [4.78, 5) is 11.9. The van der Waals surface area contributed by atoms with Crippen LogP contribution in [0, 0.1) is 0 Å². The van der Waals surface area contributed by atoms with Crippen molar-refractivity contribution in [2.75, 3.05) is 0 Å². The molecule has 0 fully saturated rings. The first-order chi connectivity index (χ1) is 8.99. The second-order valence-corrected chi connectivity index (χ2v) is 5.62. The standard InChI is InChI=1S/C14H11Br2NO2/c1-17-10(8-12(15)14(17)16)5-6-13(19)9-3-2-4-11(18)7-9/h2-8,18H,1H3/b6-5+. The highest BCUT2D eigenvalue weighted by Crippen LogP contribution is 2.26. The van der Waals surface area contributed by atoms with Crippen molar-refractivity contribution < 1.29 is 9.90 Å². The lowest BCUT2D eigenvalue weighted by atomic mass is 10.1. The van der Waals surface area contributed by atoms with Crippen LogP contribution in [0.1, 0.15) is 16.1 Å². The molecule has 0 atom stereocenters. The second kappa shape index (κ2) is 5.75. The summed E-state index contributed by atoms with van der Waals surface area (Å²) in [6.45, 7) is 0. The van der Waals surface area contributed by atoms with Gasteiger partial charge in [-0.25, -0.2) is 0 Å². The third kappa shape index (κ3) is 3.16. The van der Waals surface area contributed by atoms with Gasteiger partial charge in [-0.05, 0) is 62.2 Å².